The van der Waals surface area contributed by atoms with E-state index in [2.05, 4.69) is 237 Å². The highest BCUT2D eigenvalue weighted by Crippen LogP contribution is 2.46. The van der Waals surface area contributed by atoms with E-state index in [1.54, 1.807) is 0 Å². The summed E-state index contributed by atoms with van der Waals surface area (Å²) in [5.74, 6) is 0. The van der Waals surface area contributed by atoms with Crippen LogP contribution in [-0.2, 0) is 0 Å². The average molecular weight is 829 g/mol. The molecule has 0 atom stereocenters. The molecule has 5 heterocycles. The van der Waals surface area contributed by atoms with Gasteiger partial charge in [-0.2, -0.15) is 0 Å². The standard InChI is InChI=1S/C60H36N4O/c1-8-24-47-38(16-1)39-17-2-9-25-48(39)61(47)37-32-33-54-46(36-37)44-22-7-14-30-53(44)64(54)56-31-15-23-45-58-55(62-49-26-10-3-18-40(49)41-19-4-11-27-50(41)62)34-35-57(60(58)65-59(45)56)63-51-28-12-5-20-42(51)43-21-6-13-29-52(43)63/h1-36H. The lowest BCUT2D eigenvalue weighted by molar-refractivity contribution is 0.664. The number of benzene rings is 10. The van der Waals surface area contributed by atoms with Crippen LogP contribution in [0.3, 0.4) is 0 Å². The monoisotopic (exact) mass is 828 g/mol. The summed E-state index contributed by atoms with van der Waals surface area (Å²) in [4.78, 5) is 0. The lowest BCUT2D eigenvalue weighted by Gasteiger charge is -2.14. The predicted octanol–water partition coefficient (Wildman–Crippen LogP) is 16.0. The van der Waals surface area contributed by atoms with Crippen molar-refractivity contribution in [2.75, 3.05) is 0 Å². The van der Waals surface area contributed by atoms with Crippen molar-refractivity contribution in [3.63, 3.8) is 0 Å². The van der Waals surface area contributed by atoms with Crippen LogP contribution >= 0.6 is 0 Å². The Kier molecular flexibility index (Phi) is 6.89. The minimum Gasteiger partial charge on any atom is -0.452 e. The maximum absolute atomic E-state index is 7.54. The van der Waals surface area contributed by atoms with Gasteiger partial charge < -0.3 is 22.7 Å². The van der Waals surface area contributed by atoms with Crippen LogP contribution in [0.2, 0.25) is 0 Å². The Labute approximate surface area is 371 Å². The van der Waals surface area contributed by atoms with E-state index in [-0.39, 0.29) is 0 Å². The molecule has 0 bridgehead atoms. The van der Waals surface area contributed by atoms with E-state index >= 15 is 0 Å². The molecule has 15 rings (SSSR count). The molecule has 0 radical (unpaired) electrons. The molecule has 302 valence electrons. The summed E-state index contributed by atoms with van der Waals surface area (Å²) in [5, 5.41) is 11.9. The third-order valence-electron chi connectivity index (χ3n) is 14.0. The van der Waals surface area contributed by atoms with Gasteiger partial charge in [0.25, 0.3) is 0 Å². The number of aromatic nitrogens is 4. The van der Waals surface area contributed by atoms with Gasteiger partial charge in [0.1, 0.15) is 0 Å². The van der Waals surface area contributed by atoms with E-state index in [4.69, 9.17) is 4.42 Å². The zero-order valence-corrected chi connectivity index (χ0v) is 35.0. The first kappa shape index (κ1) is 34.7. The molecule has 0 unspecified atom stereocenters. The maximum atomic E-state index is 7.54. The van der Waals surface area contributed by atoms with Crippen LogP contribution in [0, 0.1) is 0 Å². The number of hydrogen-bond donors (Lipinski definition) is 0. The number of fused-ring (bicyclic) bond motifs is 15. The Morgan fingerprint density at radius 3 is 1.03 bits per heavy atom. The summed E-state index contributed by atoms with van der Waals surface area (Å²) in [5.41, 5.74) is 15.1. The van der Waals surface area contributed by atoms with Crippen LogP contribution in [0.5, 0.6) is 0 Å². The molecule has 0 aliphatic carbocycles. The van der Waals surface area contributed by atoms with Crippen molar-refractivity contribution < 1.29 is 4.42 Å². The van der Waals surface area contributed by atoms with Gasteiger partial charge in [-0.1, -0.05) is 140 Å². The van der Waals surface area contributed by atoms with Gasteiger partial charge in [-0.25, -0.2) is 0 Å². The molecule has 0 aliphatic heterocycles. The Hall–Kier alpha value is -8.80. The van der Waals surface area contributed by atoms with E-state index in [9.17, 15) is 0 Å². The van der Waals surface area contributed by atoms with E-state index in [1.165, 1.54) is 54.1 Å². The maximum Gasteiger partial charge on any atom is 0.161 e. The summed E-state index contributed by atoms with van der Waals surface area (Å²) < 4.78 is 17.2. The second-order valence-corrected chi connectivity index (χ2v) is 17.2. The molecule has 0 spiro atoms. The topological polar surface area (TPSA) is 32.9 Å². The number of para-hydroxylation sites is 8. The number of rotatable bonds is 4. The van der Waals surface area contributed by atoms with Crippen LogP contribution in [0.1, 0.15) is 0 Å². The third kappa shape index (κ3) is 4.60. The van der Waals surface area contributed by atoms with Crippen LogP contribution in [0.25, 0.3) is 132 Å². The van der Waals surface area contributed by atoms with Crippen molar-refractivity contribution >= 4 is 109 Å². The minimum atomic E-state index is 0.840. The van der Waals surface area contributed by atoms with E-state index in [0.29, 0.717) is 0 Å². The fourth-order valence-electron chi connectivity index (χ4n) is 11.3. The van der Waals surface area contributed by atoms with Crippen LogP contribution < -0.4 is 0 Å². The molecule has 5 aromatic heterocycles. The smallest absolute Gasteiger partial charge is 0.161 e. The lowest BCUT2D eigenvalue weighted by Crippen LogP contribution is -1.99. The number of nitrogens with zero attached hydrogens (tertiary/aromatic N) is 4. The quantitative estimate of drug-likeness (QED) is 0.174. The third-order valence-corrected chi connectivity index (χ3v) is 14.0. The second kappa shape index (κ2) is 12.9. The highest BCUT2D eigenvalue weighted by molar-refractivity contribution is 6.20. The molecule has 15 aromatic rings. The summed E-state index contributed by atoms with van der Waals surface area (Å²) in [6, 6.07) is 79.3. The summed E-state index contributed by atoms with van der Waals surface area (Å²) in [6.45, 7) is 0. The molecular formula is C60H36N4O. The Morgan fingerprint density at radius 2 is 0.569 bits per heavy atom. The molecule has 0 amide bonds. The first-order valence-corrected chi connectivity index (χ1v) is 22.3. The van der Waals surface area contributed by atoms with Gasteiger partial charge in [0.2, 0.25) is 0 Å². The molecule has 5 nitrogen and oxygen atoms in total. The highest BCUT2D eigenvalue weighted by atomic mass is 16.3. The largest absolute Gasteiger partial charge is 0.452 e. The van der Waals surface area contributed by atoms with Gasteiger partial charge >= 0.3 is 0 Å². The highest BCUT2D eigenvalue weighted by Gasteiger charge is 2.25. The van der Waals surface area contributed by atoms with E-state index < -0.39 is 0 Å². The predicted molar refractivity (Wildman–Crippen MR) is 271 cm³/mol. The minimum absolute atomic E-state index is 0.840. The van der Waals surface area contributed by atoms with Crippen molar-refractivity contribution in [2.45, 2.75) is 0 Å². The van der Waals surface area contributed by atoms with Crippen LogP contribution in [0.4, 0.5) is 0 Å². The average Bonchev–Trinajstić information content (AvgIpc) is 4.17. The number of furan rings is 1. The van der Waals surface area contributed by atoms with Gasteiger partial charge in [0, 0.05) is 54.2 Å². The zero-order chi connectivity index (χ0) is 42.3. The Bertz CT molecular complexity index is 4330. The van der Waals surface area contributed by atoms with Gasteiger partial charge in [0.05, 0.1) is 66.6 Å². The van der Waals surface area contributed by atoms with E-state index in [1.807, 2.05) is 0 Å². The lowest BCUT2D eigenvalue weighted by atomic mass is 10.1. The summed E-state index contributed by atoms with van der Waals surface area (Å²) >= 11 is 0. The molecule has 5 heteroatoms. The van der Waals surface area contributed by atoms with Gasteiger partial charge in [0.15, 0.2) is 11.2 Å². The van der Waals surface area contributed by atoms with Crippen molar-refractivity contribution in [3.05, 3.63) is 218 Å². The number of hydrogen-bond acceptors (Lipinski definition) is 1. The van der Waals surface area contributed by atoms with Crippen molar-refractivity contribution in [3.8, 4) is 22.7 Å². The SMILES string of the molecule is c1cc(-n2c3ccccc3c3cc(-n4c5ccccc5c5ccccc54)ccc32)c2oc3c(-n4c5ccccc5c5ccccc54)ccc(-n4c5ccccc5c5ccccc54)c3c2c1. The fourth-order valence-corrected chi connectivity index (χ4v) is 11.3. The second-order valence-electron chi connectivity index (χ2n) is 17.2. The fraction of sp³-hybridized carbons (Fsp3) is 0. The Balaban J connectivity index is 1.06. The molecule has 0 N–H and O–H groups in total. The van der Waals surface area contributed by atoms with Gasteiger partial charge in [-0.15, -0.1) is 0 Å². The van der Waals surface area contributed by atoms with Crippen molar-refractivity contribution in [1.82, 2.24) is 18.3 Å². The van der Waals surface area contributed by atoms with Crippen LogP contribution in [-0.4, -0.2) is 18.3 Å². The molecule has 0 fully saturated rings. The normalized spacial score (nSPS) is 12.3. The molecule has 65 heavy (non-hydrogen) atoms. The van der Waals surface area contributed by atoms with Crippen molar-refractivity contribution in [1.29, 1.82) is 0 Å². The van der Waals surface area contributed by atoms with Gasteiger partial charge in [-0.05, 0) is 78.9 Å². The molecule has 10 aromatic carbocycles. The first-order chi connectivity index (χ1) is 32.3. The Morgan fingerprint density at radius 1 is 0.231 bits per heavy atom. The molecule has 0 aliphatic rings. The van der Waals surface area contributed by atoms with E-state index in [0.717, 1.165) is 77.8 Å². The molecule has 0 saturated heterocycles. The summed E-state index contributed by atoms with van der Waals surface area (Å²) in [7, 11) is 0. The first-order valence-electron chi connectivity index (χ1n) is 22.3. The van der Waals surface area contributed by atoms with Crippen LogP contribution in [0.15, 0.2) is 223 Å². The molecular weight excluding hydrogens is 793 g/mol. The van der Waals surface area contributed by atoms with Crippen molar-refractivity contribution in [2.24, 2.45) is 0 Å². The molecule has 0 saturated carbocycles. The summed E-state index contributed by atoms with van der Waals surface area (Å²) in [6.07, 6.45) is 0. The van der Waals surface area contributed by atoms with Gasteiger partial charge in [-0.3, -0.25) is 0 Å². The zero-order valence-electron chi connectivity index (χ0n) is 35.0.